The summed E-state index contributed by atoms with van der Waals surface area (Å²) in [5, 5.41) is 0. The van der Waals surface area contributed by atoms with Gasteiger partial charge in [-0.1, -0.05) is 17.6 Å². The van der Waals surface area contributed by atoms with Crippen molar-refractivity contribution in [2.45, 2.75) is 13.8 Å². The van der Waals surface area contributed by atoms with E-state index in [2.05, 4.69) is 0 Å². The fraction of sp³-hybridized carbons (Fsp3) is 0.222. The van der Waals surface area contributed by atoms with Crippen molar-refractivity contribution >= 4 is 19.6 Å². The summed E-state index contributed by atoms with van der Waals surface area (Å²) in [6, 6.07) is 4.02. The third-order valence-corrected chi connectivity index (χ3v) is 2.12. The van der Waals surface area contributed by atoms with Crippen LogP contribution in [0.4, 0.5) is 0 Å². The molecule has 0 atom stereocenters. The predicted molar refractivity (Wildman–Crippen MR) is 49.5 cm³/mol. The van der Waals surface area contributed by atoms with E-state index in [9.17, 15) is 4.79 Å². The second-order valence-corrected chi connectivity index (χ2v) is 2.86. The summed E-state index contributed by atoms with van der Waals surface area (Å²) < 4.78 is 0. The molecule has 1 aromatic rings. The fourth-order valence-electron chi connectivity index (χ4n) is 1.15. The maximum absolute atomic E-state index is 10.6. The lowest BCUT2D eigenvalue weighted by Gasteiger charge is -2.05. The van der Waals surface area contributed by atoms with Crippen LogP contribution in [-0.2, 0) is 0 Å². The lowest BCUT2D eigenvalue weighted by Crippen LogP contribution is -2.12. The highest BCUT2D eigenvalue weighted by molar-refractivity contribution is 6.35. The summed E-state index contributed by atoms with van der Waals surface area (Å²) in [6.07, 6.45) is 0.928. The lowest BCUT2D eigenvalue weighted by molar-refractivity contribution is 0.112. The smallest absolute Gasteiger partial charge is 0.149 e. The molecule has 0 radical (unpaired) electrons. The first-order chi connectivity index (χ1) is 5.16. The number of benzene rings is 1. The Balaban J connectivity index is 3.40. The number of rotatable bonds is 1. The normalized spacial score (nSPS) is 9.64. The summed E-state index contributed by atoms with van der Waals surface area (Å²) in [4.78, 5) is 10.6. The second-order valence-electron chi connectivity index (χ2n) is 2.86. The van der Waals surface area contributed by atoms with Gasteiger partial charge in [0.25, 0.3) is 0 Å². The minimum atomic E-state index is 0.838. The van der Waals surface area contributed by atoms with Crippen molar-refractivity contribution in [3.05, 3.63) is 28.8 Å². The molecule has 0 saturated heterocycles. The van der Waals surface area contributed by atoms with Gasteiger partial charge in [-0.2, -0.15) is 0 Å². The van der Waals surface area contributed by atoms with Crippen LogP contribution in [0.1, 0.15) is 21.5 Å². The largest absolute Gasteiger partial charge is 0.298 e. The van der Waals surface area contributed by atoms with E-state index in [4.69, 9.17) is 0 Å². The summed E-state index contributed by atoms with van der Waals surface area (Å²) in [5.74, 6) is 0. The summed E-state index contributed by atoms with van der Waals surface area (Å²) in [5.41, 5.74) is 4.17. The van der Waals surface area contributed by atoms with E-state index in [0.717, 1.165) is 22.9 Å². The molecule has 0 heterocycles. The number of aryl methyl sites for hydroxylation is 1. The van der Waals surface area contributed by atoms with E-state index in [-0.39, 0.29) is 0 Å². The Labute approximate surface area is 67.8 Å². The molecule has 0 bridgehead atoms. The van der Waals surface area contributed by atoms with Gasteiger partial charge in [0, 0.05) is 5.56 Å². The van der Waals surface area contributed by atoms with E-state index < -0.39 is 0 Å². The van der Waals surface area contributed by atoms with Crippen LogP contribution in [0, 0.1) is 13.8 Å². The Morgan fingerprint density at radius 3 is 2.45 bits per heavy atom. The van der Waals surface area contributed by atoms with Crippen LogP contribution in [0.2, 0.25) is 0 Å². The first-order valence-corrected chi connectivity index (χ1v) is 3.69. The van der Waals surface area contributed by atoms with Gasteiger partial charge in [-0.05, 0) is 25.0 Å². The Kier molecular flexibility index (Phi) is 2.13. The number of carbonyl (C=O) groups is 1. The molecule has 0 unspecified atom stereocenters. The van der Waals surface area contributed by atoms with Crippen molar-refractivity contribution in [1.29, 1.82) is 0 Å². The van der Waals surface area contributed by atoms with Crippen molar-refractivity contribution in [2.75, 3.05) is 0 Å². The van der Waals surface area contributed by atoms with Crippen LogP contribution in [0.15, 0.2) is 12.1 Å². The molecule has 0 aromatic heterocycles. The van der Waals surface area contributed by atoms with E-state index in [1.807, 2.05) is 33.8 Å². The summed E-state index contributed by atoms with van der Waals surface area (Å²) in [6.45, 7) is 3.99. The van der Waals surface area contributed by atoms with Gasteiger partial charge < -0.3 is 0 Å². The molecule has 2 heteroatoms. The van der Waals surface area contributed by atoms with E-state index in [1.54, 1.807) is 0 Å². The second kappa shape index (κ2) is 2.91. The van der Waals surface area contributed by atoms with Crippen molar-refractivity contribution < 1.29 is 4.79 Å². The van der Waals surface area contributed by atoms with Gasteiger partial charge in [0.1, 0.15) is 14.1 Å². The summed E-state index contributed by atoms with van der Waals surface area (Å²) >= 11 is 0. The fourth-order valence-corrected chi connectivity index (χ4v) is 1.15. The molecule has 0 spiro atoms. The third kappa shape index (κ3) is 1.34. The van der Waals surface area contributed by atoms with Gasteiger partial charge in [0.05, 0.1) is 0 Å². The molecule has 1 aromatic carbocycles. The molecule has 0 amide bonds. The van der Waals surface area contributed by atoms with Gasteiger partial charge in [-0.25, -0.2) is 0 Å². The standard InChI is InChI=1S/C9H11BO/c1-6-3-4-9(10)8(5-11)7(6)2/h3-5H,10H2,1-2H3. The number of hydrogen-bond acceptors (Lipinski definition) is 1. The average Bonchev–Trinajstić information content (AvgIpc) is 1.99. The van der Waals surface area contributed by atoms with Crippen LogP contribution in [0.25, 0.3) is 0 Å². The zero-order valence-electron chi connectivity index (χ0n) is 7.14. The number of hydrogen-bond donors (Lipinski definition) is 0. The zero-order chi connectivity index (χ0) is 8.43. The van der Waals surface area contributed by atoms with Crippen molar-refractivity contribution in [3.63, 3.8) is 0 Å². The highest BCUT2D eigenvalue weighted by Crippen LogP contribution is 2.07. The third-order valence-electron chi connectivity index (χ3n) is 2.12. The highest BCUT2D eigenvalue weighted by atomic mass is 16.1. The molecule has 1 nitrogen and oxygen atoms in total. The minimum absolute atomic E-state index is 0.838. The summed E-state index contributed by atoms with van der Waals surface area (Å²) in [7, 11) is 1.95. The van der Waals surface area contributed by atoms with Gasteiger partial charge in [-0.3, -0.25) is 4.79 Å². The monoisotopic (exact) mass is 146 g/mol. The Morgan fingerprint density at radius 1 is 1.36 bits per heavy atom. The van der Waals surface area contributed by atoms with E-state index >= 15 is 0 Å². The first kappa shape index (κ1) is 8.06. The molecule has 0 fully saturated rings. The SMILES string of the molecule is Bc1ccc(C)c(C)c1C=O. The quantitative estimate of drug-likeness (QED) is 0.413. The maximum atomic E-state index is 10.6. The van der Waals surface area contributed by atoms with Crippen molar-refractivity contribution in [3.8, 4) is 0 Å². The molecule has 0 aliphatic rings. The molecule has 0 saturated carbocycles. The highest BCUT2D eigenvalue weighted by Gasteiger charge is 2.01. The molecule has 0 aliphatic heterocycles. The molecule has 0 aliphatic carbocycles. The molecular formula is C9H11BO. The molecule has 0 N–H and O–H groups in total. The molecule has 56 valence electrons. The maximum Gasteiger partial charge on any atom is 0.149 e. The van der Waals surface area contributed by atoms with Gasteiger partial charge >= 0.3 is 0 Å². The Morgan fingerprint density at radius 2 is 2.00 bits per heavy atom. The topological polar surface area (TPSA) is 17.1 Å². The van der Waals surface area contributed by atoms with Crippen LogP contribution in [-0.4, -0.2) is 14.1 Å². The van der Waals surface area contributed by atoms with E-state index in [1.165, 1.54) is 5.56 Å². The average molecular weight is 146 g/mol. The van der Waals surface area contributed by atoms with Crippen LogP contribution in [0.5, 0.6) is 0 Å². The Bertz CT molecular complexity index is 292. The van der Waals surface area contributed by atoms with Crippen LogP contribution in [0.3, 0.4) is 0 Å². The first-order valence-electron chi connectivity index (χ1n) is 3.69. The van der Waals surface area contributed by atoms with Crippen LogP contribution < -0.4 is 5.46 Å². The predicted octanol–water partition coefficient (Wildman–Crippen LogP) is 0.374. The van der Waals surface area contributed by atoms with E-state index in [0.29, 0.717) is 0 Å². The molecular weight excluding hydrogens is 135 g/mol. The van der Waals surface area contributed by atoms with Gasteiger partial charge in [0.15, 0.2) is 0 Å². The number of carbonyl (C=O) groups excluding carboxylic acids is 1. The minimum Gasteiger partial charge on any atom is -0.298 e. The zero-order valence-corrected chi connectivity index (χ0v) is 7.14. The lowest BCUT2D eigenvalue weighted by atomic mass is 9.87. The van der Waals surface area contributed by atoms with Crippen molar-refractivity contribution in [2.24, 2.45) is 0 Å². The molecule has 1 rings (SSSR count). The van der Waals surface area contributed by atoms with Crippen LogP contribution >= 0.6 is 0 Å². The Hall–Kier alpha value is -1.05. The molecule has 11 heavy (non-hydrogen) atoms. The van der Waals surface area contributed by atoms with Crippen molar-refractivity contribution in [1.82, 2.24) is 0 Å². The number of aldehydes is 1. The van der Waals surface area contributed by atoms with Gasteiger partial charge in [0.2, 0.25) is 0 Å². The van der Waals surface area contributed by atoms with Gasteiger partial charge in [-0.15, -0.1) is 0 Å².